The van der Waals surface area contributed by atoms with Gasteiger partial charge < -0.3 is 10.5 Å². The van der Waals surface area contributed by atoms with E-state index in [0.29, 0.717) is 0 Å². The van der Waals surface area contributed by atoms with Crippen molar-refractivity contribution in [2.45, 2.75) is 19.4 Å². The lowest BCUT2D eigenvalue weighted by molar-refractivity contribution is -0.145. The molecule has 0 radical (unpaired) electrons. The largest absolute Gasteiger partial charge is 0.468 e. The molecule has 4 heteroatoms. The SMILES string of the molecule is CCC(=O)C(N)C(=O)OC. The van der Waals surface area contributed by atoms with E-state index in [2.05, 4.69) is 4.74 Å². The molecule has 0 fully saturated rings. The summed E-state index contributed by atoms with van der Waals surface area (Å²) < 4.78 is 4.25. The molecule has 0 spiro atoms. The first-order valence-corrected chi connectivity index (χ1v) is 2.99. The van der Waals surface area contributed by atoms with Crippen molar-refractivity contribution in [3.05, 3.63) is 0 Å². The number of Topliss-reactive ketones (excluding diaryl/α,β-unsaturated/α-hetero) is 1. The molecule has 0 heterocycles. The summed E-state index contributed by atoms with van der Waals surface area (Å²) in [6, 6.07) is -1.10. The van der Waals surface area contributed by atoms with Gasteiger partial charge in [-0.15, -0.1) is 0 Å². The molecule has 0 aliphatic rings. The van der Waals surface area contributed by atoms with Crippen molar-refractivity contribution in [2.24, 2.45) is 5.73 Å². The Labute approximate surface area is 59.3 Å². The van der Waals surface area contributed by atoms with Crippen LogP contribution < -0.4 is 5.73 Å². The molecule has 0 rings (SSSR count). The molecule has 4 nitrogen and oxygen atoms in total. The van der Waals surface area contributed by atoms with Crippen molar-refractivity contribution in [1.82, 2.24) is 0 Å². The second kappa shape index (κ2) is 4.00. The minimum Gasteiger partial charge on any atom is -0.468 e. The van der Waals surface area contributed by atoms with Gasteiger partial charge in [0.05, 0.1) is 7.11 Å². The van der Waals surface area contributed by atoms with Crippen molar-refractivity contribution in [3.8, 4) is 0 Å². The van der Waals surface area contributed by atoms with Gasteiger partial charge in [-0.2, -0.15) is 0 Å². The van der Waals surface area contributed by atoms with Crippen LogP contribution in [0.4, 0.5) is 0 Å². The Bertz CT molecular complexity index is 128. The summed E-state index contributed by atoms with van der Waals surface area (Å²) in [5.74, 6) is -0.973. The molecule has 1 unspecified atom stereocenters. The quantitative estimate of drug-likeness (QED) is 0.428. The lowest BCUT2D eigenvalue weighted by atomic mass is 10.1. The highest BCUT2D eigenvalue weighted by Crippen LogP contribution is 1.89. The van der Waals surface area contributed by atoms with E-state index in [9.17, 15) is 9.59 Å². The fraction of sp³-hybridized carbons (Fsp3) is 0.667. The zero-order valence-electron chi connectivity index (χ0n) is 6.09. The lowest BCUT2D eigenvalue weighted by Gasteiger charge is -2.04. The topological polar surface area (TPSA) is 69.4 Å². The van der Waals surface area contributed by atoms with Crippen molar-refractivity contribution in [3.63, 3.8) is 0 Å². The second-order valence-electron chi connectivity index (χ2n) is 1.82. The van der Waals surface area contributed by atoms with E-state index in [1.807, 2.05) is 0 Å². The molecular weight excluding hydrogens is 134 g/mol. The van der Waals surface area contributed by atoms with E-state index in [1.54, 1.807) is 6.92 Å². The number of methoxy groups -OCH3 is 1. The fourth-order valence-electron chi connectivity index (χ4n) is 0.478. The Morgan fingerprint density at radius 1 is 1.60 bits per heavy atom. The summed E-state index contributed by atoms with van der Waals surface area (Å²) in [5.41, 5.74) is 5.16. The molecule has 0 amide bonds. The average molecular weight is 145 g/mol. The smallest absolute Gasteiger partial charge is 0.330 e. The van der Waals surface area contributed by atoms with Gasteiger partial charge in [0, 0.05) is 6.42 Å². The van der Waals surface area contributed by atoms with Gasteiger partial charge in [0.2, 0.25) is 0 Å². The predicted octanol–water partition coefficient (Wildman–Crippen LogP) is -0.534. The van der Waals surface area contributed by atoms with E-state index >= 15 is 0 Å². The number of hydrogen-bond donors (Lipinski definition) is 1. The summed E-state index contributed by atoms with van der Waals surface area (Å²) in [6.45, 7) is 1.64. The third-order valence-corrected chi connectivity index (χ3v) is 1.15. The fourth-order valence-corrected chi connectivity index (χ4v) is 0.478. The molecule has 0 aromatic heterocycles. The molecule has 0 aromatic rings. The Hall–Kier alpha value is -0.900. The Morgan fingerprint density at radius 3 is 2.40 bits per heavy atom. The van der Waals surface area contributed by atoms with Crippen LogP contribution in [-0.2, 0) is 14.3 Å². The molecule has 0 aliphatic heterocycles. The summed E-state index contributed by atoms with van der Waals surface area (Å²) in [7, 11) is 1.20. The highest BCUT2D eigenvalue weighted by atomic mass is 16.5. The van der Waals surface area contributed by atoms with Gasteiger partial charge in [-0.3, -0.25) is 4.79 Å². The van der Waals surface area contributed by atoms with Crippen molar-refractivity contribution >= 4 is 11.8 Å². The maximum atomic E-state index is 10.7. The zero-order chi connectivity index (χ0) is 8.15. The third kappa shape index (κ3) is 2.14. The molecule has 0 saturated heterocycles. The number of nitrogens with two attached hydrogens (primary N) is 1. The lowest BCUT2D eigenvalue weighted by Crippen LogP contribution is -2.38. The van der Waals surface area contributed by atoms with Crippen molar-refractivity contribution < 1.29 is 14.3 Å². The van der Waals surface area contributed by atoms with Crippen LogP contribution in [-0.4, -0.2) is 24.9 Å². The summed E-state index contributed by atoms with van der Waals surface area (Å²) in [4.78, 5) is 21.2. The van der Waals surface area contributed by atoms with Crippen LogP contribution in [0.3, 0.4) is 0 Å². The summed E-state index contributed by atoms with van der Waals surface area (Å²) >= 11 is 0. The standard InChI is InChI=1S/C6H11NO3/c1-3-4(8)5(7)6(9)10-2/h5H,3,7H2,1-2H3. The molecule has 2 N–H and O–H groups in total. The molecule has 10 heavy (non-hydrogen) atoms. The highest BCUT2D eigenvalue weighted by molar-refractivity contribution is 6.02. The van der Waals surface area contributed by atoms with Crippen LogP contribution in [0.5, 0.6) is 0 Å². The predicted molar refractivity (Wildman–Crippen MR) is 35.3 cm³/mol. The number of carbonyl (C=O) groups excluding carboxylic acids is 2. The number of esters is 1. The van der Waals surface area contributed by atoms with Gasteiger partial charge in [-0.05, 0) is 0 Å². The maximum absolute atomic E-state index is 10.7. The number of carbonyl (C=O) groups is 2. The molecule has 1 atom stereocenters. The molecular formula is C6H11NO3. The normalized spacial score (nSPS) is 12.3. The van der Waals surface area contributed by atoms with Gasteiger partial charge in [0.15, 0.2) is 11.8 Å². The first-order chi connectivity index (χ1) is 4.63. The zero-order valence-corrected chi connectivity index (χ0v) is 6.09. The number of ether oxygens (including phenoxy) is 1. The van der Waals surface area contributed by atoms with Gasteiger partial charge in [-0.25, -0.2) is 4.79 Å². The summed E-state index contributed by atoms with van der Waals surface area (Å²) in [6.07, 6.45) is 0.260. The van der Waals surface area contributed by atoms with Crippen LogP contribution >= 0.6 is 0 Å². The van der Waals surface area contributed by atoms with E-state index in [4.69, 9.17) is 5.73 Å². The minimum absolute atomic E-state index is 0.260. The van der Waals surface area contributed by atoms with Crippen LogP contribution in [0.2, 0.25) is 0 Å². The first-order valence-electron chi connectivity index (χ1n) is 2.99. The number of hydrogen-bond acceptors (Lipinski definition) is 4. The molecule has 0 aliphatic carbocycles. The third-order valence-electron chi connectivity index (χ3n) is 1.15. The van der Waals surface area contributed by atoms with Crippen LogP contribution in [0, 0.1) is 0 Å². The van der Waals surface area contributed by atoms with E-state index in [-0.39, 0.29) is 12.2 Å². The molecule has 58 valence electrons. The highest BCUT2D eigenvalue weighted by Gasteiger charge is 2.20. The molecule has 0 aromatic carbocycles. The maximum Gasteiger partial charge on any atom is 0.330 e. The van der Waals surface area contributed by atoms with E-state index < -0.39 is 12.0 Å². The van der Waals surface area contributed by atoms with Crippen LogP contribution in [0.1, 0.15) is 13.3 Å². The molecule has 0 bridgehead atoms. The van der Waals surface area contributed by atoms with Gasteiger partial charge in [0.25, 0.3) is 0 Å². The van der Waals surface area contributed by atoms with E-state index in [0.717, 1.165) is 0 Å². The number of ketones is 1. The van der Waals surface area contributed by atoms with Gasteiger partial charge in [0.1, 0.15) is 0 Å². The first kappa shape index (κ1) is 9.10. The Balaban J connectivity index is 3.94. The Morgan fingerprint density at radius 2 is 2.10 bits per heavy atom. The Kier molecular flexibility index (Phi) is 3.64. The summed E-state index contributed by atoms with van der Waals surface area (Å²) in [5, 5.41) is 0. The van der Waals surface area contributed by atoms with Crippen molar-refractivity contribution in [2.75, 3.05) is 7.11 Å². The van der Waals surface area contributed by atoms with Gasteiger partial charge >= 0.3 is 5.97 Å². The second-order valence-corrected chi connectivity index (χ2v) is 1.82. The van der Waals surface area contributed by atoms with Crippen LogP contribution in [0.25, 0.3) is 0 Å². The van der Waals surface area contributed by atoms with Gasteiger partial charge in [-0.1, -0.05) is 6.92 Å². The van der Waals surface area contributed by atoms with Crippen LogP contribution in [0.15, 0.2) is 0 Å². The average Bonchev–Trinajstić information content (AvgIpc) is 2.00. The number of rotatable bonds is 3. The van der Waals surface area contributed by atoms with Crippen molar-refractivity contribution in [1.29, 1.82) is 0 Å². The van der Waals surface area contributed by atoms with E-state index in [1.165, 1.54) is 7.11 Å². The molecule has 0 saturated carbocycles. The monoisotopic (exact) mass is 145 g/mol. The minimum atomic E-state index is -1.10.